The van der Waals surface area contributed by atoms with Gasteiger partial charge in [0.2, 0.25) is 6.29 Å². The van der Waals surface area contributed by atoms with E-state index in [4.69, 9.17) is 14.2 Å². The first-order valence-corrected chi connectivity index (χ1v) is 10.3. The van der Waals surface area contributed by atoms with E-state index in [0.717, 1.165) is 24.8 Å². The first-order chi connectivity index (χ1) is 14.0. The molecule has 6 atom stereocenters. The Kier molecular flexibility index (Phi) is 10.1. The molecule has 2 rings (SSSR count). The normalized spacial score (nSPS) is 28.1. The first-order valence-electron chi connectivity index (χ1n) is 10.3. The van der Waals surface area contributed by atoms with Crippen LogP contribution in [0.4, 0.5) is 0 Å². The minimum Gasteiger partial charge on any atom is -0.462 e. The third kappa shape index (κ3) is 6.77. The van der Waals surface area contributed by atoms with Crippen LogP contribution in [0.2, 0.25) is 0 Å². The Labute approximate surface area is 172 Å². The van der Waals surface area contributed by atoms with Crippen LogP contribution in [0.25, 0.3) is 0 Å². The lowest BCUT2D eigenvalue weighted by Crippen LogP contribution is -2.61. The largest absolute Gasteiger partial charge is 0.462 e. The van der Waals surface area contributed by atoms with Crippen molar-refractivity contribution in [3.05, 3.63) is 42.5 Å². The number of hydrogen-bond donors (Lipinski definition) is 4. The minimum atomic E-state index is -1.30. The van der Waals surface area contributed by atoms with E-state index in [2.05, 4.69) is 13.5 Å². The number of aliphatic hydroxyl groups is 4. The van der Waals surface area contributed by atoms with E-state index in [1.807, 2.05) is 18.2 Å². The third-order valence-electron chi connectivity index (χ3n) is 5.06. The van der Waals surface area contributed by atoms with Gasteiger partial charge in [-0.25, -0.2) is 0 Å². The second-order valence-electron chi connectivity index (χ2n) is 7.34. The lowest BCUT2D eigenvalue weighted by Gasteiger charge is -2.43. The van der Waals surface area contributed by atoms with Gasteiger partial charge in [-0.2, -0.15) is 0 Å². The van der Waals surface area contributed by atoms with Crippen molar-refractivity contribution in [3.63, 3.8) is 0 Å². The SMILES string of the molecule is C=CCc1ccc(O[C@H]2O[C@H](CO)[C@@H](O)[C@H](O)[C@H]2O[C@@H](CCO)CCCC)cc1. The average molecular weight is 411 g/mol. The summed E-state index contributed by atoms with van der Waals surface area (Å²) in [5.74, 6) is 0.518. The number of hydrogen-bond acceptors (Lipinski definition) is 7. The monoisotopic (exact) mass is 410 g/mol. The fourth-order valence-electron chi connectivity index (χ4n) is 3.38. The number of benzene rings is 1. The average Bonchev–Trinajstić information content (AvgIpc) is 2.73. The van der Waals surface area contributed by atoms with Gasteiger partial charge in [0.05, 0.1) is 12.7 Å². The molecule has 1 fully saturated rings. The number of allylic oxidation sites excluding steroid dienone is 1. The predicted octanol–water partition coefficient (Wildman–Crippen LogP) is 1.56. The topological polar surface area (TPSA) is 109 Å². The van der Waals surface area contributed by atoms with Gasteiger partial charge < -0.3 is 34.6 Å². The molecule has 164 valence electrons. The van der Waals surface area contributed by atoms with Crippen LogP contribution >= 0.6 is 0 Å². The van der Waals surface area contributed by atoms with E-state index in [1.54, 1.807) is 12.1 Å². The molecule has 0 unspecified atom stereocenters. The Balaban J connectivity index is 2.17. The van der Waals surface area contributed by atoms with Crippen LogP contribution in [0.1, 0.15) is 38.2 Å². The summed E-state index contributed by atoms with van der Waals surface area (Å²) in [5.41, 5.74) is 1.08. The maximum atomic E-state index is 10.6. The molecule has 7 nitrogen and oxygen atoms in total. The molecule has 1 saturated heterocycles. The highest BCUT2D eigenvalue weighted by atomic mass is 16.7. The molecule has 0 spiro atoms. The molecule has 0 aliphatic carbocycles. The molecule has 0 amide bonds. The Bertz CT molecular complexity index is 591. The fourth-order valence-corrected chi connectivity index (χ4v) is 3.38. The van der Waals surface area contributed by atoms with Gasteiger partial charge in [0.1, 0.15) is 30.2 Å². The maximum Gasteiger partial charge on any atom is 0.229 e. The van der Waals surface area contributed by atoms with Gasteiger partial charge in [0, 0.05) is 6.61 Å². The van der Waals surface area contributed by atoms with Crippen LogP contribution in [0, 0.1) is 0 Å². The number of ether oxygens (including phenoxy) is 3. The van der Waals surface area contributed by atoms with Crippen LogP contribution in [0.5, 0.6) is 5.75 Å². The summed E-state index contributed by atoms with van der Waals surface area (Å²) in [4.78, 5) is 0. The third-order valence-corrected chi connectivity index (χ3v) is 5.06. The summed E-state index contributed by atoms with van der Waals surface area (Å²) >= 11 is 0. The zero-order valence-corrected chi connectivity index (χ0v) is 17.0. The standard InChI is InChI=1S/C22H34O7/c1-3-5-7-16(12-13-23)27-21-20(26)19(25)18(14-24)29-22(21)28-17-10-8-15(6-4-2)9-11-17/h4,8-11,16,18-26H,2-3,5-7,12-14H2,1H3/t16-,18-,19-,20+,21-,22+/m1/s1. The molecule has 29 heavy (non-hydrogen) atoms. The van der Waals surface area contributed by atoms with Crippen LogP contribution in [-0.4, -0.2) is 70.4 Å². The van der Waals surface area contributed by atoms with Gasteiger partial charge in [-0.3, -0.25) is 0 Å². The van der Waals surface area contributed by atoms with E-state index in [0.29, 0.717) is 18.6 Å². The van der Waals surface area contributed by atoms with Crippen molar-refractivity contribution >= 4 is 0 Å². The molecule has 0 bridgehead atoms. The lowest BCUT2D eigenvalue weighted by molar-refractivity contribution is -0.296. The van der Waals surface area contributed by atoms with Crippen molar-refractivity contribution < 1.29 is 34.6 Å². The van der Waals surface area contributed by atoms with Crippen LogP contribution in [0.3, 0.4) is 0 Å². The molecule has 1 aromatic rings. The molecule has 1 aromatic carbocycles. The Hall–Kier alpha value is -1.48. The predicted molar refractivity (Wildman–Crippen MR) is 109 cm³/mol. The zero-order chi connectivity index (χ0) is 21.2. The summed E-state index contributed by atoms with van der Waals surface area (Å²) in [7, 11) is 0. The summed E-state index contributed by atoms with van der Waals surface area (Å²) in [5, 5.41) is 39.7. The van der Waals surface area contributed by atoms with Crippen LogP contribution < -0.4 is 4.74 Å². The van der Waals surface area contributed by atoms with Gasteiger partial charge in [-0.1, -0.05) is 38.0 Å². The highest BCUT2D eigenvalue weighted by molar-refractivity contribution is 5.28. The summed E-state index contributed by atoms with van der Waals surface area (Å²) in [6.45, 7) is 5.27. The minimum absolute atomic E-state index is 0.0455. The van der Waals surface area contributed by atoms with Crippen LogP contribution in [-0.2, 0) is 15.9 Å². The van der Waals surface area contributed by atoms with Gasteiger partial charge in [0.25, 0.3) is 0 Å². The Morgan fingerprint density at radius 2 is 1.86 bits per heavy atom. The molecule has 0 radical (unpaired) electrons. The fraction of sp³-hybridized carbons (Fsp3) is 0.636. The molecule has 1 heterocycles. The molecule has 4 N–H and O–H groups in total. The van der Waals surface area contributed by atoms with E-state index in [9.17, 15) is 20.4 Å². The van der Waals surface area contributed by atoms with Crippen molar-refractivity contribution in [2.24, 2.45) is 0 Å². The lowest BCUT2D eigenvalue weighted by atomic mass is 9.98. The Morgan fingerprint density at radius 1 is 1.14 bits per heavy atom. The first kappa shape index (κ1) is 23.8. The smallest absolute Gasteiger partial charge is 0.229 e. The van der Waals surface area contributed by atoms with E-state index >= 15 is 0 Å². The second kappa shape index (κ2) is 12.3. The summed E-state index contributed by atoms with van der Waals surface area (Å²) in [6, 6.07) is 7.38. The van der Waals surface area contributed by atoms with Crippen molar-refractivity contribution in [2.75, 3.05) is 13.2 Å². The van der Waals surface area contributed by atoms with Crippen molar-refractivity contribution in [1.82, 2.24) is 0 Å². The van der Waals surface area contributed by atoms with E-state index in [-0.39, 0.29) is 12.7 Å². The highest BCUT2D eigenvalue weighted by Crippen LogP contribution is 2.28. The van der Waals surface area contributed by atoms with Crippen molar-refractivity contribution in [2.45, 2.75) is 75.8 Å². The van der Waals surface area contributed by atoms with Crippen LogP contribution in [0.15, 0.2) is 36.9 Å². The van der Waals surface area contributed by atoms with Crippen molar-refractivity contribution in [3.8, 4) is 5.75 Å². The molecule has 1 aliphatic heterocycles. The van der Waals surface area contributed by atoms with Gasteiger partial charge in [-0.15, -0.1) is 6.58 Å². The Morgan fingerprint density at radius 3 is 2.45 bits per heavy atom. The van der Waals surface area contributed by atoms with Crippen molar-refractivity contribution in [1.29, 1.82) is 0 Å². The highest BCUT2D eigenvalue weighted by Gasteiger charge is 2.47. The quantitative estimate of drug-likeness (QED) is 0.387. The van der Waals surface area contributed by atoms with E-state index in [1.165, 1.54) is 0 Å². The number of rotatable bonds is 12. The molecule has 1 aliphatic rings. The molecular weight excluding hydrogens is 376 g/mol. The van der Waals surface area contributed by atoms with Gasteiger partial charge >= 0.3 is 0 Å². The summed E-state index contributed by atoms with van der Waals surface area (Å²) < 4.78 is 17.7. The molecule has 7 heteroatoms. The summed E-state index contributed by atoms with van der Waals surface area (Å²) in [6.07, 6.45) is -0.317. The zero-order valence-electron chi connectivity index (χ0n) is 17.0. The molecule has 0 aromatic heterocycles. The number of aliphatic hydroxyl groups excluding tert-OH is 4. The molecular formula is C22H34O7. The van der Waals surface area contributed by atoms with E-state index < -0.39 is 37.3 Å². The number of unbranched alkanes of at least 4 members (excludes halogenated alkanes) is 1. The second-order valence-corrected chi connectivity index (χ2v) is 7.34. The maximum absolute atomic E-state index is 10.6. The molecule has 0 saturated carbocycles. The van der Waals surface area contributed by atoms with Gasteiger partial charge in [0.15, 0.2) is 0 Å². The van der Waals surface area contributed by atoms with Gasteiger partial charge in [-0.05, 0) is 37.0 Å².